The summed E-state index contributed by atoms with van der Waals surface area (Å²) in [6, 6.07) is 38.4. The van der Waals surface area contributed by atoms with E-state index in [4.69, 9.17) is 28.4 Å². The van der Waals surface area contributed by atoms with Crippen LogP contribution in [0, 0.1) is 0 Å². The molecule has 0 saturated heterocycles. The Kier molecular flexibility index (Phi) is 27.1. The molecule has 0 fully saturated rings. The van der Waals surface area contributed by atoms with Crippen LogP contribution in [0.3, 0.4) is 0 Å². The largest absolute Gasteiger partial charge is 0.494 e. The van der Waals surface area contributed by atoms with E-state index in [0.29, 0.717) is 83.8 Å². The number of ether oxygens (including phenoxy) is 6. The van der Waals surface area contributed by atoms with Crippen LogP contribution >= 0.6 is 0 Å². The molecular weight excluding hydrogens is 1020 g/mol. The van der Waals surface area contributed by atoms with E-state index in [-0.39, 0.29) is 11.5 Å². The van der Waals surface area contributed by atoms with Crippen LogP contribution in [0.15, 0.2) is 133 Å². The van der Waals surface area contributed by atoms with Crippen LogP contribution in [0.5, 0.6) is 34.5 Å². The predicted octanol–water partition coefficient (Wildman–Crippen LogP) is 18.6. The second-order valence-corrected chi connectivity index (χ2v) is 22.0. The van der Waals surface area contributed by atoms with Gasteiger partial charge in [0, 0.05) is 0 Å². The van der Waals surface area contributed by atoms with E-state index in [9.17, 15) is 19.2 Å². The van der Waals surface area contributed by atoms with Gasteiger partial charge in [0.25, 0.3) is 0 Å². The molecule has 10 nitrogen and oxygen atoms in total. The van der Waals surface area contributed by atoms with Crippen molar-refractivity contribution in [2.45, 2.75) is 194 Å². The van der Waals surface area contributed by atoms with Crippen LogP contribution in [-0.4, -0.2) is 37.1 Å². The second kappa shape index (κ2) is 35.6. The highest BCUT2D eigenvalue weighted by Crippen LogP contribution is 2.28. The van der Waals surface area contributed by atoms with Crippen molar-refractivity contribution in [3.63, 3.8) is 0 Å². The number of aryl methyl sites for hydroxylation is 4. The lowest BCUT2D eigenvalue weighted by Gasteiger charge is -2.17. The summed E-state index contributed by atoms with van der Waals surface area (Å²) in [6.45, 7) is 5.82. The standard InChI is InChI=1S/C72H88O10/c1-3-5-7-9-11-13-15-17-19-21-23-25-51-77-61-43-47-65(48-44-61)79-69(73)57-35-39-63(40-36-57)81-71(75)67-53-60-34-32-56-29-27-55(28-30-56)31-33-59(67)54-68(60)72(76)82-64-41-37-58(38-42-64)70(74)80-66-49-45-62(46-50-66)78-52-26-24-22-20-18-16-14-12-10-8-6-4-2/h27-30,35-50,53-54H,3-26,31-34,51-52H2,1-2H3. The highest BCUT2D eigenvalue weighted by Gasteiger charge is 2.24. The molecule has 0 radical (unpaired) electrons. The Hall–Kier alpha value is -7.20. The van der Waals surface area contributed by atoms with Crippen molar-refractivity contribution in [3.05, 3.63) is 178 Å². The number of carbonyl (C=O) groups excluding carboxylic acids is 4. The van der Waals surface area contributed by atoms with Crippen molar-refractivity contribution in [3.8, 4) is 34.5 Å². The molecule has 6 aromatic rings. The summed E-state index contributed by atoms with van der Waals surface area (Å²) in [5.74, 6) is 0.466. The zero-order valence-electron chi connectivity index (χ0n) is 49.0. The monoisotopic (exact) mass is 1110 g/mol. The van der Waals surface area contributed by atoms with Gasteiger partial charge in [0.05, 0.1) is 35.5 Å². The third-order valence-electron chi connectivity index (χ3n) is 15.4. The Morgan fingerprint density at radius 2 is 0.549 bits per heavy atom. The third kappa shape index (κ3) is 21.9. The van der Waals surface area contributed by atoms with Crippen LogP contribution in [0.4, 0.5) is 0 Å². The second-order valence-electron chi connectivity index (χ2n) is 22.0. The Balaban J connectivity index is 0.862. The molecule has 0 spiro atoms. The molecule has 0 unspecified atom stereocenters. The molecule has 436 valence electrons. The summed E-state index contributed by atoms with van der Waals surface area (Å²) in [4.78, 5) is 54.4. The summed E-state index contributed by atoms with van der Waals surface area (Å²) in [7, 11) is 0. The van der Waals surface area contributed by atoms with E-state index in [1.165, 1.54) is 128 Å². The number of esters is 4. The van der Waals surface area contributed by atoms with E-state index in [1.54, 1.807) is 109 Å². The molecule has 0 saturated carbocycles. The Morgan fingerprint density at radius 3 is 0.854 bits per heavy atom. The van der Waals surface area contributed by atoms with Gasteiger partial charge >= 0.3 is 23.9 Å². The first kappa shape index (κ1) is 62.4. The maximum atomic E-state index is 14.1. The van der Waals surface area contributed by atoms with Gasteiger partial charge in [-0.05, 0) is 170 Å². The van der Waals surface area contributed by atoms with Gasteiger partial charge < -0.3 is 28.4 Å². The highest BCUT2D eigenvalue weighted by atomic mass is 16.5. The van der Waals surface area contributed by atoms with Crippen molar-refractivity contribution < 1.29 is 47.6 Å². The van der Waals surface area contributed by atoms with Gasteiger partial charge in [-0.3, -0.25) is 0 Å². The highest BCUT2D eigenvalue weighted by molar-refractivity contribution is 5.98. The first-order valence-electron chi connectivity index (χ1n) is 31.0. The molecular formula is C72H88O10. The molecule has 0 aliphatic heterocycles. The topological polar surface area (TPSA) is 124 Å². The minimum atomic E-state index is -0.588. The fraction of sp³-hybridized carbons (Fsp3) is 0.444. The number of hydrogen-bond acceptors (Lipinski definition) is 10. The Labute approximate surface area is 488 Å². The number of hydrogen-bond donors (Lipinski definition) is 0. The van der Waals surface area contributed by atoms with Crippen molar-refractivity contribution in [1.82, 2.24) is 0 Å². The molecule has 0 atom stereocenters. The number of carbonyl (C=O) groups is 4. The van der Waals surface area contributed by atoms with Crippen molar-refractivity contribution in [2.24, 2.45) is 0 Å². The lowest BCUT2D eigenvalue weighted by molar-refractivity contribution is 0.0715. The van der Waals surface area contributed by atoms with Gasteiger partial charge in [-0.15, -0.1) is 0 Å². The fourth-order valence-corrected chi connectivity index (χ4v) is 10.4. The summed E-state index contributed by atoms with van der Waals surface area (Å²) < 4.78 is 35.0. The average molecular weight is 1110 g/mol. The zero-order chi connectivity index (χ0) is 57.4. The van der Waals surface area contributed by atoms with E-state index >= 15 is 0 Å². The molecule has 0 amide bonds. The maximum absolute atomic E-state index is 14.1. The van der Waals surface area contributed by atoms with Crippen molar-refractivity contribution in [2.75, 3.05) is 13.2 Å². The lowest BCUT2D eigenvalue weighted by atomic mass is 9.90. The Bertz CT molecular complexity index is 2640. The number of benzene rings is 6. The number of unbranched alkanes of at least 4 members (excludes halogenated alkanes) is 22. The fourth-order valence-electron chi connectivity index (χ4n) is 10.4. The molecule has 4 aliphatic carbocycles. The van der Waals surface area contributed by atoms with Crippen LogP contribution in [0.25, 0.3) is 0 Å². The zero-order valence-corrected chi connectivity index (χ0v) is 49.0. The molecule has 10 rings (SSSR count). The number of rotatable bonds is 36. The minimum absolute atomic E-state index is 0.249. The Morgan fingerprint density at radius 1 is 0.293 bits per heavy atom. The minimum Gasteiger partial charge on any atom is -0.494 e. The third-order valence-corrected chi connectivity index (χ3v) is 15.4. The van der Waals surface area contributed by atoms with E-state index in [2.05, 4.69) is 38.1 Å². The molecule has 6 aromatic carbocycles. The smallest absolute Gasteiger partial charge is 0.343 e. The maximum Gasteiger partial charge on any atom is 0.343 e. The van der Waals surface area contributed by atoms with E-state index < -0.39 is 23.9 Å². The van der Waals surface area contributed by atoms with Gasteiger partial charge in [-0.2, -0.15) is 0 Å². The van der Waals surface area contributed by atoms with Gasteiger partial charge in [-0.25, -0.2) is 19.2 Å². The van der Waals surface area contributed by atoms with Crippen molar-refractivity contribution in [1.29, 1.82) is 0 Å². The molecule has 10 heteroatoms. The van der Waals surface area contributed by atoms with Crippen LogP contribution in [-0.2, 0) is 25.7 Å². The molecule has 82 heavy (non-hydrogen) atoms. The van der Waals surface area contributed by atoms with Gasteiger partial charge in [0.1, 0.15) is 34.5 Å². The molecule has 0 N–H and O–H groups in total. The molecule has 0 aromatic heterocycles. The summed E-state index contributed by atoms with van der Waals surface area (Å²) in [5.41, 5.74) is 4.71. The SMILES string of the molecule is CCCCCCCCCCCCCCOc1ccc(OC(=O)c2ccc(OC(=O)c3cc4c(C(=O)Oc5ccc(C(=O)Oc6ccc(OCCCCCCCCCCCCCC)cc6)cc5)cc3CCc3ccc(cc3)CC4)cc2)cc1. The summed E-state index contributed by atoms with van der Waals surface area (Å²) in [6.07, 6.45) is 33.1. The van der Waals surface area contributed by atoms with Crippen LogP contribution in [0.2, 0.25) is 0 Å². The van der Waals surface area contributed by atoms with Gasteiger partial charge in [-0.1, -0.05) is 179 Å². The van der Waals surface area contributed by atoms with E-state index in [0.717, 1.165) is 48.3 Å². The van der Waals surface area contributed by atoms with Crippen LogP contribution < -0.4 is 28.4 Å². The summed E-state index contributed by atoms with van der Waals surface area (Å²) >= 11 is 0. The summed E-state index contributed by atoms with van der Waals surface area (Å²) in [5, 5.41) is 0. The molecule has 4 aliphatic rings. The normalized spacial score (nSPS) is 11.8. The first-order valence-corrected chi connectivity index (χ1v) is 31.0. The van der Waals surface area contributed by atoms with E-state index in [1.807, 2.05) is 0 Å². The average Bonchev–Trinajstić information content (AvgIpc) is 3.68. The lowest BCUT2D eigenvalue weighted by Crippen LogP contribution is -2.18. The van der Waals surface area contributed by atoms with Gasteiger partial charge in [0.15, 0.2) is 0 Å². The van der Waals surface area contributed by atoms with Crippen LogP contribution in [0.1, 0.15) is 232 Å². The predicted molar refractivity (Wildman–Crippen MR) is 326 cm³/mol. The van der Waals surface area contributed by atoms with Crippen molar-refractivity contribution >= 4 is 23.9 Å². The molecule has 0 heterocycles. The molecule has 4 bridgehead atoms. The first-order chi connectivity index (χ1) is 40.2. The van der Waals surface area contributed by atoms with Gasteiger partial charge in [0.2, 0.25) is 0 Å². The quantitative estimate of drug-likeness (QED) is 0.0213.